The first-order valence-corrected chi connectivity index (χ1v) is 5.57. The molecule has 1 aliphatic rings. The van der Waals surface area contributed by atoms with Gasteiger partial charge in [0.25, 0.3) is 0 Å². The third-order valence-corrected chi connectivity index (χ3v) is 2.97. The van der Waals surface area contributed by atoms with Crippen molar-refractivity contribution in [2.75, 3.05) is 20.3 Å². The normalized spacial score (nSPS) is 28.3. The molecule has 0 aromatic heterocycles. The molecule has 15 heavy (non-hydrogen) atoms. The van der Waals surface area contributed by atoms with Crippen molar-refractivity contribution in [1.82, 2.24) is 5.32 Å². The summed E-state index contributed by atoms with van der Waals surface area (Å²) in [5.41, 5.74) is 0. The van der Waals surface area contributed by atoms with Crippen molar-refractivity contribution in [3.05, 3.63) is 0 Å². The largest absolute Gasteiger partial charge is 0.395 e. The van der Waals surface area contributed by atoms with Crippen LogP contribution >= 0.6 is 0 Å². The second-order valence-electron chi connectivity index (χ2n) is 4.13. The highest BCUT2D eigenvalue weighted by Gasteiger charge is 2.26. The van der Waals surface area contributed by atoms with Gasteiger partial charge in [-0.15, -0.1) is 0 Å². The average Bonchev–Trinajstić information content (AvgIpc) is 2.29. The molecule has 0 amide bonds. The molecule has 4 heteroatoms. The van der Waals surface area contributed by atoms with Crippen molar-refractivity contribution in [3.63, 3.8) is 0 Å². The zero-order valence-electron chi connectivity index (χ0n) is 9.28. The van der Waals surface area contributed by atoms with Crippen LogP contribution in [0.3, 0.4) is 0 Å². The van der Waals surface area contributed by atoms with Crippen molar-refractivity contribution in [3.8, 4) is 6.07 Å². The molecule has 0 radical (unpaired) electrons. The molecular formula is C11H20N2O2. The van der Waals surface area contributed by atoms with Crippen LogP contribution in [0.15, 0.2) is 0 Å². The summed E-state index contributed by atoms with van der Waals surface area (Å²) in [7, 11) is 1.62. The highest BCUT2D eigenvalue weighted by atomic mass is 16.5. The maximum absolute atomic E-state index is 9.12. The minimum Gasteiger partial charge on any atom is -0.395 e. The lowest BCUT2D eigenvalue weighted by Crippen LogP contribution is -2.47. The van der Waals surface area contributed by atoms with Crippen LogP contribution in [0.2, 0.25) is 0 Å². The third kappa shape index (κ3) is 3.78. The summed E-state index contributed by atoms with van der Waals surface area (Å²) in [6.45, 7) is 0.549. The zero-order valence-corrected chi connectivity index (χ0v) is 9.28. The zero-order chi connectivity index (χ0) is 11.1. The third-order valence-electron chi connectivity index (χ3n) is 2.97. The Morgan fingerprint density at radius 3 is 2.87 bits per heavy atom. The quantitative estimate of drug-likeness (QED) is 0.703. The van der Waals surface area contributed by atoms with E-state index in [-0.39, 0.29) is 24.6 Å². The summed E-state index contributed by atoms with van der Waals surface area (Å²) in [5.74, 6) is 0.0876. The number of rotatable bonds is 5. The fourth-order valence-corrected chi connectivity index (χ4v) is 2.14. The SMILES string of the molecule is COCC(CO)NC1CCCCC1C#N. The Hall–Kier alpha value is -0.630. The number of methoxy groups -OCH3 is 1. The van der Waals surface area contributed by atoms with Gasteiger partial charge in [-0.25, -0.2) is 0 Å². The van der Waals surface area contributed by atoms with E-state index < -0.39 is 0 Å². The van der Waals surface area contributed by atoms with E-state index in [2.05, 4.69) is 11.4 Å². The number of hydrogen-bond donors (Lipinski definition) is 2. The first-order chi connectivity index (χ1) is 7.31. The molecule has 0 bridgehead atoms. The Bertz CT molecular complexity index is 215. The monoisotopic (exact) mass is 212 g/mol. The van der Waals surface area contributed by atoms with Crippen molar-refractivity contribution >= 4 is 0 Å². The molecule has 1 rings (SSSR count). The smallest absolute Gasteiger partial charge is 0.0672 e. The lowest BCUT2D eigenvalue weighted by atomic mass is 9.85. The molecule has 0 aromatic rings. The van der Waals surface area contributed by atoms with Crippen LogP contribution in [0, 0.1) is 17.2 Å². The topological polar surface area (TPSA) is 65.3 Å². The standard InChI is InChI=1S/C11H20N2O2/c1-15-8-10(7-14)13-11-5-3-2-4-9(11)6-12/h9-11,13-14H,2-5,7-8H2,1H3. The Morgan fingerprint density at radius 1 is 1.53 bits per heavy atom. The van der Waals surface area contributed by atoms with Crippen LogP contribution in [-0.2, 0) is 4.74 Å². The Morgan fingerprint density at radius 2 is 2.27 bits per heavy atom. The molecule has 0 saturated heterocycles. The molecule has 0 heterocycles. The van der Waals surface area contributed by atoms with Crippen LogP contribution < -0.4 is 5.32 Å². The molecule has 3 unspecified atom stereocenters. The van der Waals surface area contributed by atoms with E-state index in [9.17, 15) is 0 Å². The molecule has 2 N–H and O–H groups in total. The van der Waals surface area contributed by atoms with Gasteiger partial charge >= 0.3 is 0 Å². The molecule has 1 saturated carbocycles. The van der Waals surface area contributed by atoms with E-state index in [1.54, 1.807) is 7.11 Å². The van der Waals surface area contributed by atoms with Gasteiger partial charge in [0.15, 0.2) is 0 Å². The van der Waals surface area contributed by atoms with Crippen LogP contribution in [0.5, 0.6) is 0 Å². The minimum absolute atomic E-state index is 0.0473. The van der Waals surface area contributed by atoms with Gasteiger partial charge in [-0.1, -0.05) is 12.8 Å². The van der Waals surface area contributed by atoms with E-state index in [4.69, 9.17) is 15.1 Å². The summed E-state index contributed by atoms with van der Waals surface area (Å²) in [4.78, 5) is 0. The van der Waals surface area contributed by atoms with E-state index in [1.165, 1.54) is 6.42 Å². The van der Waals surface area contributed by atoms with Crippen molar-refractivity contribution in [2.24, 2.45) is 5.92 Å². The van der Waals surface area contributed by atoms with Gasteiger partial charge in [-0.2, -0.15) is 5.26 Å². The van der Waals surface area contributed by atoms with E-state index in [0.717, 1.165) is 19.3 Å². The molecule has 86 valence electrons. The number of aliphatic hydroxyl groups is 1. The Balaban J connectivity index is 2.43. The maximum atomic E-state index is 9.12. The highest BCUT2D eigenvalue weighted by Crippen LogP contribution is 2.24. The first-order valence-electron chi connectivity index (χ1n) is 5.57. The number of hydrogen-bond acceptors (Lipinski definition) is 4. The molecule has 0 aromatic carbocycles. The highest BCUT2D eigenvalue weighted by molar-refractivity contribution is 4.95. The molecule has 4 nitrogen and oxygen atoms in total. The number of nitriles is 1. The summed E-state index contributed by atoms with van der Waals surface area (Å²) in [6, 6.07) is 2.51. The predicted octanol–water partition coefficient (Wildman–Crippen LogP) is 0.666. The number of aliphatic hydroxyl groups excluding tert-OH is 1. The van der Waals surface area contributed by atoms with Crippen molar-refractivity contribution in [2.45, 2.75) is 37.8 Å². The lowest BCUT2D eigenvalue weighted by molar-refractivity contribution is 0.113. The van der Waals surface area contributed by atoms with Gasteiger partial charge in [-0.3, -0.25) is 0 Å². The van der Waals surface area contributed by atoms with E-state index >= 15 is 0 Å². The summed E-state index contributed by atoms with van der Waals surface area (Å²) in [6.07, 6.45) is 4.31. The summed E-state index contributed by atoms with van der Waals surface area (Å²) >= 11 is 0. The predicted molar refractivity (Wildman–Crippen MR) is 57.2 cm³/mol. The number of ether oxygens (including phenoxy) is 1. The number of nitrogens with one attached hydrogen (secondary N) is 1. The van der Waals surface area contributed by atoms with Crippen LogP contribution in [0.25, 0.3) is 0 Å². The summed E-state index contributed by atoms with van der Waals surface area (Å²) < 4.78 is 5.00. The fraction of sp³-hybridized carbons (Fsp3) is 0.909. The van der Waals surface area contributed by atoms with Gasteiger partial charge in [0.1, 0.15) is 0 Å². The van der Waals surface area contributed by atoms with Crippen LogP contribution in [0.1, 0.15) is 25.7 Å². The molecule has 0 spiro atoms. The van der Waals surface area contributed by atoms with Gasteiger partial charge in [0.2, 0.25) is 0 Å². The second-order valence-corrected chi connectivity index (χ2v) is 4.13. The summed E-state index contributed by atoms with van der Waals surface area (Å²) in [5, 5.41) is 21.4. The van der Waals surface area contributed by atoms with E-state index in [1.807, 2.05) is 0 Å². The maximum Gasteiger partial charge on any atom is 0.0672 e. The second kappa shape index (κ2) is 6.78. The van der Waals surface area contributed by atoms with Crippen LogP contribution in [-0.4, -0.2) is 37.5 Å². The van der Waals surface area contributed by atoms with Gasteiger partial charge < -0.3 is 15.2 Å². The van der Waals surface area contributed by atoms with Crippen molar-refractivity contribution in [1.29, 1.82) is 5.26 Å². The average molecular weight is 212 g/mol. The molecule has 1 fully saturated rings. The molecule has 1 aliphatic carbocycles. The van der Waals surface area contributed by atoms with Crippen molar-refractivity contribution < 1.29 is 9.84 Å². The lowest BCUT2D eigenvalue weighted by Gasteiger charge is -2.30. The number of nitrogens with zero attached hydrogens (tertiary/aromatic N) is 1. The minimum atomic E-state index is -0.0473. The molecular weight excluding hydrogens is 192 g/mol. The van der Waals surface area contributed by atoms with E-state index in [0.29, 0.717) is 6.61 Å². The Kier molecular flexibility index (Phi) is 5.62. The van der Waals surface area contributed by atoms with Gasteiger partial charge in [-0.05, 0) is 12.8 Å². The van der Waals surface area contributed by atoms with Gasteiger partial charge in [0.05, 0.1) is 31.2 Å². The van der Waals surface area contributed by atoms with Crippen LogP contribution in [0.4, 0.5) is 0 Å². The first kappa shape index (κ1) is 12.4. The molecule has 0 aliphatic heterocycles. The fourth-order valence-electron chi connectivity index (χ4n) is 2.14. The molecule has 3 atom stereocenters. The van der Waals surface area contributed by atoms with Gasteiger partial charge in [0, 0.05) is 13.2 Å². The Labute approximate surface area is 91.2 Å².